The summed E-state index contributed by atoms with van der Waals surface area (Å²) < 4.78 is 26.9. The molecule has 0 bridgehead atoms. The van der Waals surface area contributed by atoms with E-state index in [-0.39, 0.29) is 5.41 Å². The predicted molar refractivity (Wildman–Crippen MR) is 76.5 cm³/mol. The molecule has 0 radical (unpaired) electrons. The molecule has 0 amide bonds. The van der Waals surface area contributed by atoms with Gasteiger partial charge < -0.3 is 5.32 Å². The summed E-state index contributed by atoms with van der Waals surface area (Å²) >= 11 is 0. The van der Waals surface area contributed by atoms with Crippen molar-refractivity contribution in [2.24, 2.45) is 17.3 Å². The molecule has 2 aliphatic carbocycles. The van der Waals surface area contributed by atoms with E-state index in [9.17, 15) is 8.78 Å². The SMILES string of the molecule is CC(C)NCC1(Cc2ccc(F)cc2F)CC2CC2C1. The standard InChI is InChI=1S/C17H23F2N/c1-11(2)20-10-17(8-13-5-14(13)9-17)7-12-3-4-15(18)6-16(12)19/h3-4,6,11,13-14,20H,5,7-10H2,1-2H3. The Kier molecular flexibility index (Phi) is 3.57. The van der Waals surface area contributed by atoms with E-state index in [4.69, 9.17) is 0 Å². The second kappa shape index (κ2) is 5.10. The van der Waals surface area contributed by atoms with Crippen molar-refractivity contribution in [3.05, 3.63) is 35.4 Å². The van der Waals surface area contributed by atoms with Crippen molar-refractivity contribution in [1.82, 2.24) is 5.32 Å². The number of halogens is 2. The third kappa shape index (κ3) is 2.88. The van der Waals surface area contributed by atoms with Crippen molar-refractivity contribution >= 4 is 0 Å². The maximum absolute atomic E-state index is 13.9. The Balaban J connectivity index is 1.76. The number of rotatable bonds is 5. The number of benzene rings is 1. The lowest BCUT2D eigenvalue weighted by Crippen LogP contribution is -2.38. The summed E-state index contributed by atoms with van der Waals surface area (Å²) in [6, 6.07) is 4.44. The van der Waals surface area contributed by atoms with E-state index in [1.54, 1.807) is 6.07 Å². The Bertz CT molecular complexity index is 488. The molecule has 110 valence electrons. The van der Waals surface area contributed by atoms with E-state index in [1.165, 1.54) is 25.3 Å². The first-order valence-electron chi connectivity index (χ1n) is 7.65. The molecule has 0 aliphatic heterocycles. The molecule has 0 heterocycles. The molecule has 1 nitrogen and oxygen atoms in total. The van der Waals surface area contributed by atoms with Crippen LogP contribution in [0.1, 0.15) is 38.7 Å². The average Bonchev–Trinajstić information content (AvgIpc) is 2.99. The summed E-state index contributed by atoms with van der Waals surface area (Å²) in [6.07, 6.45) is 4.46. The zero-order chi connectivity index (χ0) is 14.3. The van der Waals surface area contributed by atoms with E-state index in [2.05, 4.69) is 19.2 Å². The van der Waals surface area contributed by atoms with Crippen LogP contribution >= 0.6 is 0 Å². The molecule has 20 heavy (non-hydrogen) atoms. The Morgan fingerprint density at radius 3 is 2.55 bits per heavy atom. The van der Waals surface area contributed by atoms with Crippen LogP contribution in [0.15, 0.2) is 18.2 Å². The summed E-state index contributed by atoms with van der Waals surface area (Å²) in [7, 11) is 0. The topological polar surface area (TPSA) is 12.0 Å². The Morgan fingerprint density at radius 1 is 1.25 bits per heavy atom. The van der Waals surface area contributed by atoms with E-state index in [0.29, 0.717) is 11.6 Å². The van der Waals surface area contributed by atoms with E-state index >= 15 is 0 Å². The van der Waals surface area contributed by atoms with Gasteiger partial charge in [-0.3, -0.25) is 0 Å². The largest absolute Gasteiger partial charge is 0.314 e. The van der Waals surface area contributed by atoms with Gasteiger partial charge in [0.1, 0.15) is 11.6 Å². The van der Waals surface area contributed by atoms with Crippen LogP contribution in [0.5, 0.6) is 0 Å². The molecule has 1 aromatic carbocycles. The molecule has 1 aromatic rings. The molecule has 2 fully saturated rings. The summed E-state index contributed by atoms with van der Waals surface area (Å²) in [4.78, 5) is 0. The first-order chi connectivity index (χ1) is 9.47. The number of hydrogen-bond donors (Lipinski definition) is 1. The lowest BCUT2D eigenvalue weighted by atomic mass is 9.77. The van der Waals surface area contributed by atoms with Crippen LogP contribution in [0.3, 0.4) is 0 Å². The summed E-state index contributed by atoms with van der Waals surface area (Å²) in [5, 5.41) is 3.52. The molecule has 3 heteroatoms. The van der Waals surface area contributed by atoms with Crippen LogP contribution in [0.4, 0.5) is 8.78 Å². The van der Waals surface area contributed by atoms with Gasteiger partial charge in [0.05, 0.1) is 0 Å². The minimum Gasteiger partial charge on any atom is -0.314 e. The lowest BCUT2D eigenvalue weighted by Gasteiger charge is -2.32. The molecule has 2 atom stereocenters. The maximum atomic E-state index is 13.9. The zero-order valence-electron chi connectivity index (χ0n) is 12.3. The summed E-state index contributed by atoms with van der Waals surface area (Å²) in [5.41, 5.74) is 0.828. The fourth-order valence-corrected chi connectivity index (χ4v) is 3.85. The van der Waals surface area contributed by atoms with Gasteiger partial charge in [-0.1, -0.05) is 19.9 Å². The van der Waals surface area contributed by atoms with Crippen molar-refractivity contribution in [3.8, 4) is 0 Å². The normalized spacial score (nSPS) is 31.6. The number of hydrogen-bond acceptors (Lipinski definition) is 1. The van der Waals surface area contributed by atoms with Crippen LogP contribution in [0.25, 0.3) is 0 Å². The van der Waals surface area contributed by atoms with Gasteiger partial charge in [0.2, 0.25) is 0 Å². The Hall–Kier alpha value is -0.960. The molecule has 2 saturated carbocycles. The minimum absolute atomic E-state index is 0.163. The zero-order valence-corrected chi connectivity index (χ0v) is 12.3. The number of fused-ring (bicyclic) bond motifs is 1. The quantitative estimate of drug-likeness (QED) is 0.861. The first-order valence-corrected chi connectivity index (χ1v) is 7.65. The molecule has 1 N–H and O–H groups in total. The molecular weight excluding hydrogens is 256 g/mol. The highest BCUT2D eigenvalue weighted by Gasteiger charge is 2.53. The smallest absolute Gasteiger partial charge is 0.129 e. The second-order valence-electron chi connectivity index (χ2n) is 7.11. The fourth-order valence-electron chi connectivity index (χ4n) is 3.85. The average molecular weight is 279 g/mol. The van der Waals surface area contributed by atoms with Gasteiger partial charge in [0.25, 0.3) is 0 Å². The third-order valence-corrected chi connectivity index (χ3v) is 4.93. The predicted octanol–water partition coefficient (Wildman–Crippen LogP) is 3.92. The Labute approximate surface area is 119 Å². The highest BCUT2D eigenvalue weighted by molar-refractivity contribution is 5.22. The highest BCUT2D eigenvalue weighted by Crippen LogP contribution is 2.60. The van der Waals surface area contributed by atoms with Crippen LogP contribution in [0.2, 0.25) is 0 Å². The van der Waals surface area contributed by atoms with Gasteiger partial charge in [-0.25, -0.2) is 8.78 Å². The molecule has 0 saturated heterocycles. The van der Waals surface area contributed by atoms with Crippen molar-refractivity contribution in [2.75, 3.05) is 6.54 Å². The molecular formula is C17H23F2N. The monoisotopic (exact) mass is 279 g/mol. The highest BCUT2D eigenvalue weighted by atomic mass is 19.1. The van der Waals surface area contributed by atoms with Crippen molar-refractivity contribution in [3.63, 3.8) is 0 Å². The van der Waals surface area contributed by atoms with Gasteiger partial charge in [0.15, 0.2) is 0 Å². The van der Waals surface area contributed by atoms with Gasteiger partial charge in [-0.15, -0.1) is 0 Å². The molecule has 0 aromatic heterocycles. The minimum atomic E-state index is -0.491. The van der Waals surface area contributed by atoms with Crippen molar-refractivity contribution in [1.29, 1.82) is 0 Å². The first kappa shape index (κ1) is 14.0. The van der Waals surface area contributed by atoms with Gasteiger partial charge in [-0.05, 0) is 54.6 Å². The lowest BCUT2D eigenvalue weighted by molar-refractivity contribution is 0.239. The molecule has 2 unspecified atom stereocenters. The van der Waals surface area contributed by atoms with Crippen molar-refractivity contribution in [2.45, 2.75) is 45.6 Å². The fraction of sp³-hybridized carbons (Fsp3) is 0.647. The van der Waals surface area contributed by atoms with Crippen LogP contribution < -0.4 is 5.32 Å². The van der Waals surface area contributed by atoms with E-state index in [1.807, 2.05) is 0 Å². The van der Waals surface area contributed by atoms with Gasteiger partial charge in [-0.2, -0.15) is 0 Å². The van der Waals surface area contributed by atoms with Gasteiger partial charge >= 0.3 is 0 Å². The van der Waals surface area contributed by atoms with Gasteiger partial charge in [0, 0.05) is 18.7 Å². The summed E-state index contributed by atoms with van der Waals surface area (Å²) in [6.45, 7) is 5.22. The Morgan fingerprint density at radius 2 is 1.95 bits per heavy atom. The molecule has 0 spiro atoms. The molecule has 3 rings (SSSR count). The third-order valence-electron chi connectivity index (χ3n) is 4.93. The maximum Gasteiger partial charge on any atom is 0.129 e. The van der Waals surface area contributed by atoms with E-state index < -0.39 is 11.6 Å². The van der Waals surface area contributed by atoms with Crippen LogP contribution in [-0.4, -0.2) is 12.6 Å². The molecule has 2 aliphatic rings. The van der Waals surface area contributed by atoms with Crippen LogP contribution in [-0.2, 0) is 6.42 Å². The second-order valence-corrected chi connectivity index (χ2v) is 7.11. The van der Waals surface area contributed by atoms with Crippen molar-refractivity contribution < 1.29 is 8.78 Å². The van der Waals surface area contributed by atoms with Crippen LogP contribution in [0, 0.1) is 28.9 Å². The number of nitrogens with one attached hydrogen (secondary N) is 1. The summed E-state index contributed by atoms with van der Waals surface area (Å²) in [5.74, 6) is 0.823. The van der Waals surface area contributed by atoms with E-state index in [0.717, 1.165) is 30.9 Å².